The molecule has 0 saturated carbocycles. The van der Waals surface area contributed by atoms with Gasteiger partial charge in [-0.15, -0.1) is 0 Å². The first-order valence-corrected chi connectivity index (χ1v) is 6.59. The average molecular weight is 266 g/mol. The summed E-state index contributed by atoms with van der Waals surface area (Å²) in [5.74, 6) is 0. The van der Waals surface area contributed by atoms with Crippen molar-refractivity contribution in [2.24, 2.45) is 0 Å². The Balaban J connectivity index is 1.92. The van der Waals surface area contributed by atoms with E-state index in [1.54, 1.807) is 0 Å². The second-order valence-corrected chi connectivity index (χ2v) is 4.93. The molecule has 0 aliphatic carbocycles. The van der Waals surface area contributed by atoms with Gasteiger partial charge in [0, 0.05) is 13.1 Å². The smallest absolute Gasteiger partial charge is 0.0991 e. The van der Waals surface area contributed by atoms with Crippen molar-refractivity contribution in [2.75, 3.05) is 13.6 Å². The summed E-state index contributed by atoms with van der Waals surface area (Å²) >= 11 is 0. The standard InChI is InChI=1S/C17H18N2O/c1-19(12-15-9-7-14(11-18)8-10-15)13-17(20)16-5-3-2-4-6-16/h2-10,17,20H,12-13H2,1H3. The summed E-state index contributed by atoms with van der Waals surface area (Å²) < 4.78 is 0. The van der Waals surface area contributed by atoms with Crippen molar-refractivity contribution >= 4 is 0 Å². The van der Waals surface area contributed by atoms with Gasteiger partial charge in [-0.05, 0) is 30.3 Å². The number of likely N-dealkylation sites (N-methyl/N-ethyl adjacent to an activating group) is 1. The van der Waals surface area contributed by atoms with Crippen molar-refractivity contribution in [2.45, 2.75) is 12.6 Å². The summed E-state index contributed by atoms with van der Waals surface area (Å²) in [5.41, 5.74) is 2.73. The summed E-state index contributed by atoms with van der Waals surface area (Å²) in [5, 5.41) is 18.9. The zero-order valence-corrected chi connectivity index (χ0v) is 11.5. The predicted octanol–water partition coefficient (Wildman–Crippen LogP) is 2.72. The molecular weight excluding hydrogens is 248 g/mol. The Morgan fingerprint density at radius 3 is 2.35 bits per heavy atom. The van der Waals surface area contributed by atoms with E-state index in [4.69, 9.17) is 5.26 Å². The van der Waals surface area contributed by atoms with Crippen molar-refractivity contribution in [1.29, 1.82) is 5.26 Å². The molecule has 3 heteroatoms. The van der Waals surface area contributed by atoms with E-state index in [0.29, 0.717) is 12.1 Å². The molecule has 0 fully saturated rings. The van der Waals surface area contributed by atoms with Gasteiger partial charge in [0.2, 0.25) is 0 Å². The first-order chi connectivity index (χ1) is 9.69. The van der Waals surface area contributed by atoms with Crippen molar-refractivity contribution in [3.63, 3.8) is 0 Å². The molecule has 1 atom stereocenters. The average Bonchev–Trinajstić information content (AvgIpc) is 2.49. The van der Waals surface area contributed by atoms with E-state index in [-0.39, 0.29) is 0 Å². The molecular formula is C17H18N2O. The fourth-order valence-corrected chi connectivity index (χ4v) is 2.14. The number of aliphatic hydroxyl groups is 1. The van der Waals surface area contributed by atoms with Crippen LogP contribution in [-0.2, 0) is 6.54 Å². The Kier molecular flexibility index (Phi) is 4.89. The lowest BCUT2D eigenvalue weighted by Crippen LogP contribution is -2.24. The van der Waals surface area contributed by atoms with E-state index in [1.165, 1.54) is 0 Å². The fourth-order valence-electron chi connectivity index (χ4n) is 2.14. The van der Waals surface area contributed by atoms with Gasteiger partial charge in [-0.25, -0.2) is 0 Å². The van der Waals surface area contributed by atoms with Gasteiger partial charge in [-0.3, -0.25) is 4.90 Å². The Bertz CT molecular complexity index is 572. The third kappa shape index (κ3) is 3.92. The minimum atomic E-state index is -0.486. The summed E-state index contributed by atoms with van der Waals surface area (Å²) in [6, 6.07) is 19.3. The first-order valence-electron chi connectivity index (χ1n) is 6.59. The molecule has 20 heavy (non-hydrogen) atoms. The van der Waals surface area contributed by atoms with Crippen LogP contribution in [0.15, 0.2) is 54.6 Å². The molecule has 102 valence electrons. The Hall–Kier alpha value is -2.15. The van der Waals surface area contributed by atoms with Gasteiger partial charge in [-0.1, -0.05) is 42.5 Å². The highest BCUT2D eigenvalue weighted by Gasteiger charge is 2.10. The summed E-state index contributed by atoms with van der Waals surface area (Å²) in [4.78, 5) is 2.07. The van der Waals surface area contributed by atoms with Gasteiger partial charge < -0.3 is 5.11 Å². The Labute approximate surface area is 119 Å². The van der Waals surface area contributed by atoms with E-state index in [1.807, 2.05) is 61.6 Å². The van der Waals surface area contributed by atoms with Crippen LogP contribution in [0, 0.1) is 11.3 Å². The molecule has 0 amide bonds. The normalized spacial score (nSPS) is 12.1. The van der Waals surface area contributed by atoms with Gasteiger partial charge in [0.1, 0.15) is 0 Å². The molecule has 0 radical (unpaired) electrons. The lowest BCUT2D eigenvalue weighted by Gasteiger charge is -2.20. The van der Waals surface area contributed by atoms with Crippen LogP contribution in [-0.4, -0.2) is 23.6 Å². The highest BCUT2D eigenvalue weighted by Crippen LogP contribution is 2.14. The Morgan fingerprint density at radius 2 is 1.75 bits per heavy atom. The van der Waals surface area contributed by atoms with Crippen molar-refractivity contribution < 1.29 is 5.11 Å². The zero-order valence-electron chi connectivity index (χ0n) is 11.5. The van der Waals surface area contributed by atoms with Crippen LogP contribution in [0.5, 0.6) is 0 Å². The molecule has 3 nitrogen and oxygen atoms in total. The molecule has 0 aliphatic rings. The minimum Gasteiger partial charge on any atom is -0.387 e. The van der Waals surface area contributed by atoms with Crippen LogP contribution >= 0.6 is 0 Å². The highest BCUT2D eigenvalue weighted by atomic mass is 16.3. The van der Waals surface area contributed by atoms with Crippen LogP contribution in [0.1, 0.15) is 22.8 Å². The number of hydrogen-bond acceptors (Lipinski definition) is 3. The number of aliphatic hydroxyl groups excluding tert-OH is 1. The van der Waals surface area contributed by atoms with Gasteiger partial charge in [-0.2, -0.15) is 5.26 Å². The molecule has 0 heterocycles. The van der Waals surface area contributed by atoms with Crippen molar-refractivity contribution in [1.82, 2.24) is 4.90 Å². The number of benzene rings is 2. The van der Waals surface area contributed by atoms with Crippen LogP contribution in [0.3, 0.4) is 0 Å². The van der Waals surface area contributed by atoms with Gasteiger partial charge in [0.25, 0.3) is 0 Å². The van der Waals surface area contributed by atoms with Crippen LogP contribution < -0.4 is 0 Å². The maximum absolute atomic E-state index is 10.2. The summed E-state index contributed by atoms with van der Waals surface area (Å²) in [6.07, 6.45) is -0.486. The highest BCUT2D eigenvalue weighted by molar-refractivity contribution is 5.31. The molecule has 0 spiro atoms. The second-order valence-electron chi connectivity index (χ2n) is 4.93. The van der Waals surface area contributed by atoms with E-state index >= 15 is 0 Å². The maximum atomic E-state index is 10.2. The lowest BCUT2D eigenvalue weighted by atomic mass is 10.1. The van der Waals surface area contributed by atoms with Crippen molar-refractivity contribution in [3.05, 3.63) is 71.3 Å². The summed E-state index contributed by atoms with van der Waals surface area (Å²) in [6.45, 7) is 1.32. The number of rotatable bonds is 5. The number of hydrogen-bond donors (Lipinski definition) is 1. The molecule has 0 aromatic heterocycles. The van der Waals surface area contributed by atoms with E-state index in [2.05, 4.69) is 11.0 Å². The zero-order chi connectivity index (χ0) is 14.4. The maximum Gasteiger partial charge on any atom is 0.0991 e. The fraction of sp³-hybridized carbons (Fsp3) is 0.235. The van der Waals surface area contributed by atoms with E-state index in [0.717, 1.165) is 17.7 Å². The predicted molar refractivity (Wildman–Crippen MR) is 78.9 cm³/mol. The van der Waals surface area contributed by atoms with E-state index < -0.39 is 6.10 Å². The van der Waals surface area contributed by atoms with Crippen LogP contribution in [0.2, 0.25) is 0 Å². The molecule has 0 saturated heterocycles. The van der Waals surface area contributed by atoms with Gasteiger partial charge in [0.15, 0.2) is 0 Å². The number of nitrogens with zero attached hydrogens (tertiary/aromatic N) is 2. The first kappa shape index (κ1) is 14.3. The minimum absolute atomic E-state index is 0.486. The summed E-state index contributed by atoms with van der Waals surface area (Å²) in [7, 11) is 1.98. The quantitative estimate of drug-likeness (QED) is 0.905. The Morgan fingerprint density at radius 1 is 1.10 bits per heavy atom. The van der Waals surface area contributed by atoms with Gasteiger partial charge >= 0.3 is 0 Å². The van der Waals surface area contributed by atoms with Crippen LogP contribution in [0.25, 0.3) is 0 Å². The molecule has 0 aliphatic heterocycles. The van der Waals surface area contributed by atoms with E-state index in [9.17, 15) is 5.11 Å². The largest absolute Gasteiger partial charge is 0.387 e. The molecule has 1 unspecified atom stereocenters. The molecule has 0 bridgehead atoms. The monoisotopic (exact) mass is 266 g/mol. The SMILES string of the molecule is CN(Cc1ccc(C#N)cc1)CC(O)c1ccccc1. The lowest BCUT2D eigenvalue weighted by molar-refractivity contribution is 0.124. The van der Waals surface area contributed by atoms with Gasteiger partial charge in [0.05, 0.1) is 17.7 Å². The second kappa shape index (κ2) is 6.85. The van der Waals surface area contributed by atoms with Crippen LogP contribution in [0.4, 0.5) is 0 Å². The molecule has 2 rings (SSSR count). The molecule has 2 aromatic rings. The topological polar surface area (TPSA) is 47.3 Å². The van der Waals surface area contributed by atoms with Crippen molar-refractivity contribution in [3.8, 4) is 6.07 Å². The third-order valence-electron chi connectivity index (χ3n) is 3.20. The molecule has 1 N–H and O–H groups in total. The molecule has 2 aromatic carbocycles. The third-order valence-corrected chi connectivity index (χ3v) is 3.20. The number of nitriles is 1.